The zero-order valence-corrected chi connectivity index (χ0v) is 11.5. The van der Waals surface area contributed by atoms with Crippen molar-refractivity contribution in [3.8, 4) is 5.75 Å². The molecular formula is C13H18BrNO2. The lowest BCUT2D eigenvalue weighted by Crippen LogP contribution is -2.40. The number of aliphatic hydroxyl groups excluding tert-OH is 1. The molecule has 0 aromatic heterocycles. The van der Waals surface area contributed by atoms with Gasteiger partial charge in [0.05, 0.1) is 13.2 Å². The number of piperidine rings is 1. The normalized spacial score (nSPS) is 24.6. The van der Waals surface area contributed by atoms with Crippen LogP contribution in [0.3, 0.4) is 0 Å². The van der Waals surface area contributed by atoms with Crippen molar-refractivity contribution in [2.45, 2.75) is 18.9 Å². The molecule has 94 valence electrons. The maximum absolute atomic E-state index is 9.96. The molecule has 1 aromatic carbocycles. The van der Waals surface area contributed by atoms with Crippen molar-refractivity contribution in [3.05, 3.63) is 28.2 Å². The maximum atomic E-state index is 9.96. The third kappa shape index (κ3) is 3.21. The second-order valence-corrected chi connectivity index (χ2v) is 5.34. The molecule has 0 saturated carbocycles. The van der Waals surface area contributed by atoms with Crippen LogP contribution in [-0.2, 0) is 6.42 Å². The molecule has 4 heteroatoms. The van der Waals surface area contributed by atoms with Gasteiger partial charge in [-0.05, 0) is 43.1 Å². The van der Waals surface area contributed by atoms with Gasteiger partial charge in [-0.2, -0.15) is 0 Å². The van der Waals surface area contributed by atoms with Crippen molar-refractivity contribution in [1.29, 1.82) is 0 Å². The lowest BCUT2D eigenvalue weighted by Gasteiger charge is -2.28. The molecule has 2 atom stereocenters. The molecule has 17 heavy (non-hydrogen) atoms. The van der Waals surface area contributed by atoms with Crippen LogP contribution in [0.1, 0.15) is 12.0 Å². The van der Waals surface area contributed by atoms with Gasteiger partial charge < -0.3 is 15.2 Å². The highest BCUT2D eigenvalue weighted by atomic mass is 79.9. The van der Waals surface area contributed by atoms with Crippen molar-refractivity contribution in [2.24, 2.45) is 5.92 Å². The Labute approximate surface area is 110 Å². The smallest absolute Gasteiger partial charge is 0.119 e. The number of nitrogens with one attached hydrogen (secondary N) is 1. The first-order chi connectivity index (χ1) is 8.20. The van der Waals surface area contributed by atoms with Gasteiger partial charge in [-0.25, -0.2) is 0 Å². The van der Waals surface area contributed by atoms with Crippen molar-refractivity contribution in [2.75, 3.05) is 20.2 Å². The fraction of sp³-hybridized carbons (Fsp3) is 0.538. The molecule has 0 aliphatic carbocycles. The summed E-state index contributed by atoms with van der Waals surface area (Å²) in [6.07, 6.45) is 1.51. The average molecular weight is 300 g/mol. The molecule has 2 unspecified atom stereocenters. The van der Waals surface area contributed by atoms with Gasteiger partial charge in [-0.15, -0.1) is 0 Å². The summed E-state index contributed by atoms with van der Waals surface area (Å²) in [5, 5.41) is 13.3. The van der Waals surface area contributed by atoms with Crippen LogP contribution in [0, 0.1) is 5.92 Å². The number of methoxy groups -OCH3 is 1. The van der Waals surface area contributed by atoms with E-state index in [-0.39, 0.29) is 12.0 Å². The molecule has 0 amide bonds. The van der Waals surface area contributed by atoms with Crippen LogP contribution in [0.5, 0.6) is 5.75 Å². The number of aliphatic hydroxyl groups is 1. The average Bonchev–Trinajstić information content (AvgIpc) is 2.35. The summed E-state index contributed by atoms with van der Waals surface area (Å²) in [4.78, 5) is 0. The van der Waals surface area contributed by atoms with Crippen LogP contribution in [0.4, 0.5) is 0 Å². The molecule has 0 radical (unpaired) electrons. The molecule has 1 heterocycles. The Bertz CT molecular complexity index is 384. The van der Waals surface area contributed by atoms with Gasteiger partial charge in [0.1, 0.15) is 5.75 Å². The fourth-order valence-corrected chi connectivity index (χ4v) is 2.64. The van der Waals surface area contributed by atoms with Gasteiger partial charge in [0, 0.05) is 16.9 Å². The zero-order valence-electron chi connectivity index (χ0n) is 9.95. The lowest BCUT2D eigenvalue weighted by molar-refractivity contribution is 0.0790. The molecule has 1 fully saturated rings. The first kappa shape index (κ1) is 12.9. The molecule has 1 aromatic rings. The van der Waals surface area contributed by atoms with Gasteiger partial charge in [0.25, 0.3) is 0 Å². The predicted octanol–water partition coefficient (Wildman–Crippen LogP) is 1.97. The number of halogens is 1. The van der Waals surface area contributed by atoms with Crippen molar-refractivity contribution in [3.63, 3.8) is 0 Å². The predicted molar refractivity (Wildman–Crippen MR) is 71.4 cm³/mol. The van der Waals surface area contributed by atoms with E-state index in [0.29, 0.717) is 0 Å². The first-order valence-corrected chi connectivity index (χ1v) is 6.71. The Morgan fingerprint density at radius 1 is 1.53 bits per heavy atom. The summed E-state index contributed by atoms with van der Waals surface area (Å²) >= 11 is 3.55. The molecular weight excluding hydrogens is 282 g/mol. The van der Waals surface area contributed by atoms with E-state index in [1.54, 1.807) is 7.11 Å². The van der Waals surface area contributed by atoms with E-state index in [4.69, 9.17) is 4.74 Å². The highest BCUT2D eigenvalue weighted by Crippen LogP contribution is 2.26. The van der Waals surface area contributed by atoms with Crippen LogP contribution in [0.15, 0.2) is 22.7 Å². The van der Waals surface area contributed by atoms with Gasteiger partial charge in [-0.1, -0.05) is 15.9 Å². The number of ether oxygens (including phenoxy) is 1. The molecule has 0 spiro atoms. The minimum Gasteiger partial charge on any atom is -0.497 e. The Hall–Kier alpha value is -0.580. The van der Waals surface area contributed by atoms with Crippen molar-refractivity contribution >= 4 is 15.9 Å². The number of hydrogen-bond acceptors (Lipinski definition) is 3. The topological polar surface area (TPSA) is 41.5 Å². The summed E-state index contributed by atoms with van der Waals surface area (Å²) in [5.74, 6) is 1.15. The number of rotatable bonds is 3. The quantitative estimate of drug-likeness (QED) is 0.897. The van der Waals surface area contributed by atoms with E-state index in [1.807, 2.05) is 18.2 Å². The summed E-state index contributed by atoms with van der Waals surface area (Å²) in [7, 11) is 1.67. The third-order valence-corrected chi connectivity index (χ3v) is 4.08. The standard InChI is InChI=1S/C13H18BrNO2/c1-17-11-2-3-12(14)9(7-11)6-10-8-15-5-4-13(10)16/h2-3,7,10,13,15-16H,4-6,8H2,1H3. The summed E-state index contributed by atoms with van der Waals surface area (Å²) in [5.41, 5.74) is 1.19. The molecule has 2 rings (SSSR count). The minimum atomic E-state index is -0.200. The van der Waals surface area contributed by atoms with Gasteiger partial charge >= 0.3 is 0 Å². The summed E-state index contributed by atoms with van der Waals surface area (Å²) in [6, 6.07) is 5.96. The van der Waals surface area contributed by atoms with Gasteiger partial charge in [-0.3, -0.25) is 0 Å². The Kier molecular flexibility index (Phi) is 4.42. The van der Waals surface area contributed by atoms with Gasteiger partial charge in [0.2, 0.25) is 0 Å². The van der Waals surface area contributed by atoms with Crippen molar-refractivity contribution in [1.82, 2.24) is 5.32 Å². The van der Waals surface area contributed by atoms with Crippen LogP contribution in [0.2, 0.25) is 0 Å². The fourth-order valence-electron chi connectivity index (χ4n) is 2.23. The number of hydrogen-bond donors (Lipinski definition) is 2. The Balaban J connectivity index is 2.11. The number of benzene rings is 1. The van der Waals surface area contributed by atoms with E-state index in [0.717, 1.165) is 36.2 Å². The molecule has 3 nitrogen and oxygen atoms in total. The second-order valence-electron chi connectivity index (χ2n) is 4.48. The molecule has 1 aliphatic heterocycles. The van der Waals surface area contributed by atoms with E-state index in [2.05, 4.69) is 21.2 Å². The molecule has 0 bridgehead atoms. The Morgan fingerprint density at radius 2 is 2.35 bits per heavy atom. The van der Waals surface area contributed by atoms with E-state index in [1.165, 1.54) is 5.56 Å². The highest BCUT2D eigenvalue weighted by Gasteiger charge is 2.23. The molecule has 2 N–H and O–H groups in total. The van der Waals surface area contributed by atoms with Crippen LogP contribution in [0.25, 0.3) is 0 Å². The lowest BCUT2D eigenvalue weighted by atomic mass is 9.90. The first-order valence-electron chi connectivity index (χ1n) is 5.92. The second kappa shape index (κ2) is 5.85. The molecule has 1 aliphatic rings. The Morgan fingerprint density at radius 3 is 3.06 bits per heavy atom. The highest BCUT2D eigenvalue weighted by molar-refractivity contribution is 9.10. The van der Waals surface area contributed by atoms with E-state index < -0.39 is 0 Å². The van der Waals surface area contributed by atoms with E-state index >= 15 is 0 Å². The SMILES string of the molecule is COc1ccc(Br)c(CC2CNCCC2O)c1. The van der Waals surface area contributed by atoms with Crippen LogP contribution < -0.4 is 10.1 Å². The maximum Gasteiger partial charge on any atom is 0.119 e. The van der Waals surface area contributed by atoms with Crippen molar-refractivity contribution < 1.29 is 9.84 Å². The molecule has 1 saturated heterocycles. The minimum absolute atomic E-state index is 0.200. The van der Waals surface area contributed by atoms with Crippen LogP contribution >= 0.6 is 15.9 Å². The largest absolute Gasteiger partial charge is 0.497 e. The monoisotopic (exact) mass is 299 g/mol. The third-order valence-electron chi connectivity index (χ3n) is 3.30. The van der Waals surface area contributed by atoms with Crippen LogP contribution in [-0.4, -0.2) is 31.4 Å². The summed E-state index contributed by atoms with van der Waals surface area (Å²) < 4.78 is 6.31. The van der Waals surface area contributed by atoms with Gasteiger partial charge in [0.15, 0.2) is 0 Å². The van der Waals surface area contributed by atoms with E-state index in [9.17, 15) is 5.11 Å². The zero-order chi connectivity index (χ0) is 12.3. The summed E-state index contributed by atoms with van der Waals surface area (Å²) in [6.45, 7) is 1.79.